The molecule has 1 atom stereocenters. The maximum Gasteiger partial charge on any atom is 0.266 e. The van der Waals surface area contributed by atoms with Crippen molar-refractivity contribution >= 4 is 53.1 Å². The van der Waals surface area contributed by atoms with E-state index < -0.39 is 0 Å². The number of nitrogens with one attached hydrogen (secondary N) is 1. The molecule has 120 valence electrons. The van der Waals surface area contributed by atoms with E-state index in [1.54, 1.807) is 18.2 Å². The third-order valence-corrected chi connectivity index (χ3v) is 5.18. The van der Waals surface area contributed by atoms with Gasteiger partial charge < -0.3 is 4.98 Å². The number of fused-ring (bicyclic) bond motifs is 1. The van der Waals surface area contributed by atoms with E-state index in [9.17, 15) is 9.18 Å². The summed E-state index contributed by atoms with van der Waals surface area (Å²) in [4.78, 5) is 22.4. The Morgan fingerprint density at radius 1 is 1.21 bits per heavy atom. The lowest BCUT2D eigenvalue weighted by Crippen LogP contribution is -2.28. The summed E-state index contributed by atoms with van der Waals surface area (Å²) >= 11 is 5.80. The molecule has 1 aliphatic heterocycles. The van der Waals surface area contributed by atoms with Gasteiger partial charge in [0.05, 0.1) is 15.9 Å². The Labute approximate surface area is 147 Å². The number of H-pyrrole nitrogens is 1. The van der Waals surface area contributed by atoms with E-state index in [1.165, 1.54) is 28.8 Å². The molecule has 0 saturated carbocycles. The average Bonchev–Trinajstić information content (AvgIpc) is 3.09. The fourth-order valence-corrected chi connectivity index (χ4v) is 4.05. The fourth-order valence-electron chi connectivity index (χ4n) is 2.54. The molecule has 1 amide bonds. The highest BCUT2D eigenvalue weighted by Gasteiger charge is 2.35. The fraction of sp³-hybridized carbons (Fsp3) is 0.0588. The van der Waals surface area contributed by atoms with Gasteiger partial charge in [-0.2, -0.15) is 0 Å². The maximum absolute atomic E-state index is 13.1. The summed E-state index contributed by atoms with van der Waals surface area (Å²) in [5.41, 5.74) is 2.37. The largest absolute Gasteiger partial charge is 0.338 e. The first-order valence-electron chi connectivity index (χ1n) is 7.22. The topological polar surface area (TPSA) is 49.0 Å². The molecule has 7 heteroatoms. The summed E-state index contributed by atoms with van der Waals surface area (Å²) in [6, 6.07) is 13.5. The number of anilines is 1. The maximum atomic E-state index is 13.1. The zero-order chi connectivity index (χ0) is 16.7. The van der Waals surface area contributed by atoms with E-state index >= 15 is 0 Å². The van der Waals surface area contributed by atoms with Gasteiger partial charge in [0.2, 0.25) is 0 Å². The number of halogens is 1. The smallest absolute Gasteiger partial charge is 0.266 e. The average molecular weight is 357 g/mol. The molecule has 4 rings (SSSR count). The number of carbonyl (C=O) groups excluding carboxylic acids is 1. The van der Waals surface area contributed by atoms with Crippen molar-refractivity contribution in [3.8, 4) is 0 Å². The number of nitrogens with zero attached hydrogens (tertiary/aromatic N) is 2. The minimum absolute atomic E-state index is 0.174. The van der Waals surface area contributed by atoms with Crippen molar-refractivity contribution in [1.29, 1.82) is 0 Å². The molecule has 24 heavy (non-hydrogen) atoms. The van der Waals surface area contributed by atoms with Gasteiger partial charge in [-0.1, -0.05) is 23.9 Å². The zero-order valence-electron chi connectivity index (χ0n) is 12.3. The molecule has 0 radical (unpaired) electrons. The lowest BCUT2D eigenvalue weighted by atomic mass is 10.3. The number of para-hydroxylation sites is 2. The van der Waals surface area contributed by atoms with Gasteiger partial charge in [0, 0.05) is 11.8 Å². The quantitative estimate of drug-likeness (QED) is 0.538. The molecule has 2 heterocycles. The number of rotatable bonds is 2. The van der Waals surface area contributed by atoms with Crippen molar-refractivity contribution in [2.24, 2.45) is 0 Å². The summed E-state index contributed by atoms with van der Waals surface area (Å²) in [5, 5.41) is 0. The third-order valence-electron chi connectivity index (χ3n) is 3.66. The Bertz CT molecular complexity index is 919. The summed E-state index contributed by atoms with van der Waals surface area (Å²) in [6.07, 6.45) is 1.72. The Balaban J connectivity index is 1.67. The molecule has 1 fully saturated rings. The number of thiol groups is 1. The lowest BCUT2D eigenvalue weighted by Gasteiger charge is -2.19. The monoisotopic (exact) mass is 357 g/mol. The van der Waals surface area contributed by atoms with Crippen LogP contribution in [0.2, 0.25) is 0 Å². The van der Waals surface area contributed by atoms with Crippen LogP contribution in [0.25, 0.3) is 17.1 Å². The highest BCUT2D eigenvalue weighted by atomic mass is 32.2. The van der Waals surface area contributed by atoms with Crippen LogP contribution in [0, 0.1) is 5.82 Å². The molecule has 2 aromatic carbocycles. The van der Waals surface area contributed by atoms with Gasteiger partial charge in [0.25, 0.3) is 5.91 Å². The Hall–Kier alpha value is -2.25. The van der Waals surface area contributed by atoms with Crippen LogP contribution in [0.3, 0.4) is 0 Å². The second kappa shape index (κ2) is 5.99. The number of aromatic amines is 1. The number of benzene rings is 2. The van der Waals surface area contributed by atoms with Gasteiger partial charge in [-0.25, -0.2) is 9.37 Å². The number of hydrogen-bond donors (Lipinski definition) is 2. The van der Waals surface area contributed by atoms with Crippen LogP contribution in [-0.4, -0.2) is 20.6 Å². The third kappa shape index (κ3) is 2.70. The van der Waals surface area contributed by atoms with Crippen molar-refractivity contribution in [2.45, 2.75) is 4.71 Å². The molecule has 0 aliphatic carbocycles. The molecule has 3 aromatic rings. The Kier molecular flexibility index (Phi) is 3.82. The number of thioether (sulfide) groups is 1. The van der Waals surface area contributed by atoms with Crippen molar-refractivity contribution < 1.29 is 9.18 Å². The molecular formula is C17H12FN3OS2. The van der Waals surface area contributed by atoms with E-state index in [0.29, 0.717) is 16.4 Å². The van der Waals surface area contributed by atoms with Gasteiger partial charge in [0.15, 0.2) is 0 Å². The van der Waals surface area contributed by atoms with Crippen LogP contribution >= 0.6 is 24.4 Å². The van der Waals surface area contributed by atoms with Crippen molar-refractivity contribution in [3.63, 3.8) is 0 Å². The number of imidazole rings is 1. The Morgan fingerprint density at radius 2 is 1.96 bits per heavy atom. The van der Waals surface area contributed by atoms with Crippen LogP contribution in [-0.2, 0) is 4.79 Å². The minimum Gasteiger partial charge on any atom is -0.338 e. The van der Waals surface area contributed by atoms with Crippen LogP contribution in [0.5, 0.6) is 0 Å². The minimum atomic E-state index is -0.362. The standard InChI is InChI=1S/C17H12FN3OS2/c18-10-5-7-11(8-6-10)21-16(22)14(24-17(21)23)9-15-19-12-3-1-2-4-13(12)20-15/h1-9,17,23H,(H,19,20)/b14-9+. The summed E-state index contributed by atoms with van der Waals surface area (Å²) in [6.45, 7) is 0. The predicted molar refractivity (Wildman–Crippen MR) is 98.3 cm³/mol. The Morgan fingerprint density at radius 3 is 2.71 bits per heavy atom. The van der Waals surface area contributed by atoms with Crippen LogP contribution in [0.1, 0.15) is 5.82 Å². The molecule has 1 aliphatic rings. The van der Waals surface area contributed by atoms with Gasteiger partial charge >= 0.3 is 0 Å². The first-order valence-corrected chi connectivity index (χ1v) is 8.62. The number of carbonyl (C=O) groups is 1. The molecule has 0 bridgehead atoms. The summed E-state index contributed by atoms with van der Waals surface area (Å²) < 4.78 is 12.7. The second-order valence-electron chi connectivity index (χ2n) is 5.24. The van der Waals surface area contributed by atoms with Gasteiger partial charge in [-0.05, 0) is 36.4 Å². The van der Waals surface area contributed by atoms with Crippen molar-refractivity contribution in [3.05, 3.63) is 65.1 Å². The van der Waals surface area contributed by atoms with E-state index in [-0.39, 0.29) is 16.4 Å². The SMILES string of the molecule is O=C1/C(=C\c2nc3ccccc3[nH]2)SC(S)N1c1ccc(F)cc1. The van der Waals surface area contributed by atoms with Crippen molar-refractivity contribution in [2.75, 3.05) is 4.90 Å². The highest BCUT2D eigenvalue weighted by molar-refractivity contribution is 8.14. The number of aromatic nitrogens is 2. The van der Waals surface area contributed by atoms with Gasteiger partial charge in [-0.3, -0.25) is 9.69 Å². The molecule has 0 spiro atoms. The molecule has 1 aromatic heterocycles. The first kappa shape index (κ1) is 15.3. The first-order chi connectivity index (χ1) is 11.6. The molecule has 1 unspecified atom stereocenters. The normalized spacial score (nSPS) is 19.6. The highest BCUT2D eigenvalue weighted by Crippen LogP contribution is 2.40. The summed E-state index contributed by atoms with van der Waals surface area (Å²) in [7, 11) is 0. The predicted octanol–water partition coefficient (Wildman–Crippen LogP) is 4.04. The summed E-state index contributed by atoms with van der Waals surface area (Å²) in [5.74, 6) is 0.104. The molecular weight excluding hydrogens is 345 g/mol. The molecule has 1 N–H and O–H groups in total. The van der Waals surface area contributed by atoms with Crippen molar-refractivity contribution in [1.82, 2.24) is 9.97 Å². The number of hydrogen-bond acceptors (Lipinski definition) is 4. The van der Waals surface area contributed by atoms with Crippen LogP contribution in [0.4, 0.5) is 10.1 Å². The molecule has 1 saturated heterocycles. The lowest BCUT2D eigenvalue weighted by molar-refractivity contribution is -0.114. The second-order valence-corrected chi connectivity index (χ2v) is 7.20. The van der Waals surface area contributed by atoms with E-state index in [1.807, 2.05) is 24.3 Å². The molecule has 4 nitrogen and oxygen atoms in total. The van der Waals surface area contributed by atoms with Crippen LogP contribution in [0.15, 0.2) is 53.4 Å². The van der Waals surface area contributed by atoms with Gasteiger partial charge in [0.1, 0.15) is 16.3 Å². The van der Waals surface area contributed by atoms with Gasteiger partial charge in [-0.15, -0.1) is 12.6 Å². The van der Waals surface area contributed by atoms with E-state index in [0.717, 1.165) is 11.0 Å². The van der Waals surface area contributed by atoms with Crippen LogP contribution < -0.4 is 4.90 Å². The number of amides is 1. The van der Waals surface area contributed by atoms with E-state index in [2.05, 4.69) is 22.6 Å². The van der Waals surface area contributed by atoms with E-state index in [4.69, 9.17) is 0 Å². The zero-order valence-corrected chi connectivity index (χ0v) is 14.0.